The zero-order valence-electron chi connectivity index (χ0n) is 15.5. The van der Waals surface area contributed by atoms with Crippen molar-refractivity contribution in [3.05, 3.63) is 52.3 Å². The minimum absolute atomic E-state index is 0.0945. The maximum Gasteiger partial charge on any atom is 0.252 e. The number of nitrogens with zero attached hydrogens (tertiary/aromatic N) is 3. The third-order valence-corrected chi connectivity index (χ3v) is 4.59. The van der Waals surface area contributed by atoms with Crippen molar-refractivity contribution in [2.24, 2.45) is 5.92 Å². The molecule has 136 valence electrons. The number of para-hydroxylation sites is 1. The lowest BCUT2D eigenvalue weighted by Gasteiger charge is -2.10. The van der Waals surface area contributed by atoms with Crippen LogP contribution in [0.15, 0.2) is 30.3 Å². The summed E-state index contributed by atoms with van der Waals surface area (Å²) in [4.78, 5) is 17.4. The van der Waals surface area contributed by atoms with Crippen LogP contribution in [-0.4, -0.2) is 27.2 Å². The highest BCUT2D eigenvalue weighted by atomic mass is 35.5. The van der Waals surface area contributed by atoms with Gasteiger partial charge < -0.3 is 5.32 Å². The van der Waals surface area contributed by atoms with Crippen molar-refractivity contribution in [3.8, 4) is 5.69 Å². The van der Waals surface area contributed by atoms with Crippen molar-refractivity contribution in [2.75, 3.05) is 6.54 Å². The second-order valence-electron chi connectivity index (χ2n) is 6.90. The number of halogens is 1. The number of hydrogen-bond donors (Lipinski definition) is 1. The molecule has 0 saturated carbocycles. The van der Waals surface area contributed by atoms with Gasteiger partial charge in [-0.2, -0.15) is 5.10 Å². The number of nitrogens with one attached hydrogen (secondary N) is 1. The monoisotopic (exact) mass is 370 g/mol. The lowest BCUT2D eigenvalue weighted by Crippen LogP contribution is -2.25. The van der Waals surface area contributed by atoms with Gasteiger partial charge in [0, 0.05) is 12.2 Å². The molecule has 0 aliphatic rings. The average Bonchev–Trinajstić information content (AvgIpc) is 2.90. The summed E-state index contributed by atoms with van der Waals surface area (Å²) in [6.45, 7) is 8.69. The molecule has 0 radical (unpaired) electrons. The summed E-state index contributed by atoms with van der Waals surface area (Å²) < 4.78 is 1.71. The molecule has 26 heavy (non-hydrogen) atoms. The lowest BCUT2D eigenvalue weighted by molar-refractivity contribution is 0.0953. The van der Waals surface area contributed by atoms with Gasteiger partial charge in [0.2, 0.25) is 0 Å². The van der Waals surface area contributed by atoms with E-state index in [2.05, 4.69) is 29.2 Å². The van der Waals surface area contributed by atoms with Crippen molar-refractivity contribution in [3.63, 3.8) is 0 Å². The van der Waals surface area contributed by atoms with Crippen LogP contribution < -0.4 is 5.32 Å². The summed E-state index contributed by atoms with van der Waals surface area (Å²) in [5, 5.41) is 8.96. The molecule has 0 aliphatic heterocycles. The van der Waals surface area contributed by atoms with Gasteiger partial charge in [-0.3, -0.25) is 4.79 Å². The van der Waals surface area contributed by atoms with E-state index >= 15 is 0 Å². The Morgan fingerprint density at radius 1 is 1.27 bits per heavy atom. The molecule has 3 aromatic rings. The second kappa shape index (κ2) is 7.46. The SMILES string of the molecule is Cc1cc(C(=O)NCCC(C)C)c2c(C)nn(-c3ccccc3Cl)c2n1. The molecule has 0 spiro atoms. The first-order chi connectivity index (χ1) is 12.4. The number of fused-ring (bicyclic) bond motifs is 1. The van der Waals surface area contributed by atoms with E-state index < -0.39 is 0 Å². The van der Waals surface area contributed by atoms with Crippen molar-refractivity contribution in [1.82, 2.24) is 20.1 Å². The van der Waals surface area contributed by atoms with Gasteiger partial charge in [0.15, 0.2) is 5.65 Å². The number of hydrogen-bond acceptors (Lipinski definition) is 3. The van der Waals surface area contributed by atoms with Gasteiger partial charge in [-0.25, -0.2) is 9.67 Å². The Morgan fingerprint density at radius 3 is 2.69 bits per heavy atom. The molecular formula is C20H23ClN4O. The summed E-state index contributed by atoms with van der Waals surface area (Å²) in [5.41, 5.74) is 3.51. The first-order valence-corrected chi connectivity index (χ1v) is 9.16. The highest BCUT2D eigenvalue weighted by Gasteiger charge is 2.20. The molecule has 1 amide bonds. The normalized spacial score (nSPS) is 11.3. The Labute approximate surface area is 158 Å². The van der Waals surface area contributed by atoms with Gasteiger partial charge in [0.25, 0.3) is 5.91 Å². The molecular weight excluding hydrogens is 348 g/mol. The molecule has 0 aliphatic carbocycles. The van der Waals surface area contributed by atoms with Crippen molar-refractivity contribution in [1.29, 1.82) is 0 Å². The molecule has 0 bridgehead atoms. The molecule has 0 fully saturated rings. The van der Waals surface area contributed by atoms with Gasteiger partial charge >= 0.3 is 0 Å². The van der Waals surface area contributed by atoms with Gasteiger partial charge in [-0.15, -0.1) is 0 Å². The van der Waals surface area contributed by atoms with Crippen LogP contribution >= 0.6 is 11.6 Å². The van der Waals surface area contributed by atoms with Crippen molar-refractivity contribution < 1.29 is 4.79 Å². The molecule has 5 nitrogen and oxygen atoms in total. The number of amides is 1. The summed E-state index contributed by atoms with van der Waals surface area (Å²) in [6, 6.07) is 9.30. The van der Waals surface area contributed by atoms with E-state index in [1.54, 1.807) is 4.68 Å². The molecule has 2 heterocycles. The summed E-state index contributed by atoms with van der Waals surface area (Å²) in [5.74, 6) is 0.446. The molecule has 0 atom stereocenters. The molecule has 1 N–H and O–H groups in total. The molecule has 2 aromatic heterocycles. The molecule has 1 aromatic carbocycles. The molecule has 0 unspecified atom stereocenters. The highest BCUT2D eigenvalue weighted by molar-refractivity contribution is 6.32. The predicted molar refractivity (Wildman–Crippen MR) is 105 cm³/mol. The number of carbonyl (C=O) groups is 1. The Hall–Kier alpha value is -2.40. The Bertz CT molecular complexity index is 962. The smallest absolute Gasteiger partial charge is 0.252 e. The third-order valence-electron chi connectivity index (χ3n) is 4.27. The van der Waals surface area contributed by atoms with Crippen LogP contribution in [0.3, 0.4) is 0 Å². The zero-order chi connectivity index (χ0) is 18.8. The van der Waals surface area contributed by atoms with Crippen LogP contribution in [-0.2, 0) is 0 Å². The number of rotatable bonds is 5. The van der Waals surface area contributed by atoms with Crippen LogP contribution in [0.4, 0.5) is 0 Å². The molecule has 3 rings (SSSR count). The zero-order valence-corrected chi connectivity index (χ0v) is 16.3. The van der Waals surface area contributed by atoms with E-state index in [0.717, 1.165) is 28.9 Å². The maximum atomic E-state index is 12.8. The first-order valence-electron chi connectivity index (χ1n) is 8.78. The second-order valence-corrected chi connectivity index (χ2v) is 7.30. The van der Waals surface area contributed by atoms with Gasteiger partial charge in [0.05, 0.1) is 27.4 Å². The number of aryl methyl sites for hydroxylation is 2. The quantitative estimate of drug-likeness (QED) is 0.721. The van der Waals surface area contributed by atoms with Crippen LogP contribution in [0.2, 0.25) is 5.02 Å². The van der Waals surface area contributed by atoms with Crippen molar-refractivity contribution in [2.45, 2.75) is 34.1 Å². The summed E-state index contributed by atoms with van der Waals surface area (Å²) >= 11 is 6.34. The van der Waals surface area contributed by atoms with Crippen LogP contribution in [0, 0.1) is 19.8 Å². The summed E-state index contributed by atoms with van der Waals surface area (Å²) in [6.07, 6.45) is 0.941. The van der Waals surface area contributed by atoms with Crippen LogP contribution in [0.1, 0.15) is 42.0 Å². The number of benzene rings is 1. The van der Waals surface area contributed by atoms with Crippen LogP contribution in [0.5, 0.6) is 0 Å². The van der Waals surface area contributed by atoms with E-state index in [-0.39, 0.29) is 5.91 Å². The molecule has 0 saturated heterocycles. The fourth-order valence-electron chi connectivity index (χ4n) is 2.95. The highest BCUT2D eigenvalue weighted by Crippen LogP contribution is 2.27. The Morgan fingerprint density at radius 2 is 2.00 bits per heavy atom. The van der Waals surface area contributed by atoms with Gasteiger partial charge in [0.1, 0.15) is 0 Å². The minimum atomic E-state index is -0.0945. The van der Waals surface area contributed by atoms with Gasteiger partial charge in [-0.05, 0) is 44.4 Å². The fourth-order valence-corrected chi connectivity index (χ4v) is 3.17. The summed E-state index contributed by atoms with van der Waals surface area (Å²) in [7, 11) is 0. The van der Waals surface area contributed by atoms with Crippen molar-refractivity contribution >= 4 is 28.5 Å². The standard InChI is InChI=1S/C20H23ClN4O/c1-12(2)9-10-22-20(26)15-11-13(3)23-19-18(15)14(4)24-25(19)17-8-6-5-7-16(17)21/h5-8,11-12H,9-10H2,1-4H3,(H,22,26). The predicted octanol–water partition coefficient (Wildman–Crippen LogP) is 4.47. The Kier molecular flexibility index (Phi) is 5.28. The van der Waals surface area contributed by atoms with Crippen LogP contribution in [0.25, 0.3) is 16.7 Å². The van der Waals surface area contributed by atoms with E-state index in [0.29, 0.717) is 28.7 Å². The third kappa shape index (κ3) is 3.58. The van der Waals surface area contributed by atoms with E-state index in [4.69, 9.17) is 11.6 Å². The molecule has 6 heteroatoms. The maximum absolute atomic E-state index is 12.8. The van der Waals surface area contributed by atoms with E-state index in [1.165, 1.54) is 0 Å². The Balaban J connectivity index is 2.09. The number of aromatic nitrogens is 3. The first kappa shape index (κ1) is 18.4. The van der Waals surface area contributed by atoms with E-state index in [9.17, 15) is 4.79 Å². The topological polar surface area (TPSA) is 59.8 Å². The van der Waals surface area contributed by atoms with Gasteiger partial charge in [-0.1, -0.05) is 37.6 Å². The van der Waals surface area contributed by atoms with E-state index in [1.807, 2.05) is 44.2 Å². The average molecular weight is 371 g/mol. The lowest BCUT2D eigenvalue weighted by atomic mass is 10.1. The minimum Gasteiger partial charge on any atom is -0.352 e. The largest absolute Gasteiger partial charge is 0.352 e. The fraction of sp³-hybridized carbons (Fsp3) is 0.350. The number of carbonyl (C=O) groups excluding carboxylic acids is 1. The number of pyridine rings is 1.